The smallest absolute Gasteiger partial charge is 0.263 e. The second kappa shape index (κ2) is 5.84. The standard InChI is InChI=1S/C22H23N3O/c1-14-17(13-15-9-11-16(12-10-15)22(2,3)4)20(26)25-19-8-6-5-7-18(19)24-21(25)23-14/h5-12H,13H2,1-4H3,(H,23,24). The minimum atomic E-state index is 0.00449. The highest BCUT2D eigenvalue weighted by Gasteiger charge is 2.16. The lowest BCUT2D eigenvalue weighted by Gasteiger charge is -2.19. The average molecular weight is 345 g/mol. The maximum absolute atomic E-state index is 13.2. The van der Waals surface area contributed by atoms with Gasteiger partial charge in [-0.2, -0.15) is 0 Å². The minimum absolute atomic E-state index is 0.00449. The number of imidazole rings is 1. The molecule has 0 spiro atoms. The van der Waals surface area contributed by atoms with E-state index in [1.807, 2.05) is 31.2 Å². The Morgan fingerprint density at radius 1 is 1.04 bits per heavy atom. The van der Waals surface area contributed by atoms with Crippen molar-refractivity contribution >= 4 is 16.8 Å². The zero-order valence-electron chi connectivity index (χ0n) is 15.6. The summed E-state index contributed by atoms with van der Waals surface area (Å²) in [5.74, 6) is 0.598. The van der Waals surface area contributed by atoms with Crippen molar-refractivity contribution < 1.29 is 0 Å². The molecule has 4 aromatic rings. The first-order valence-corrected chi connectivity index (χ1v) is 8.93. The van der Waals surface area contributed by atoms with Gasteiger partial charge in [0.05, 0.1) is 11.0 Å². The van der Waals surface area contributed by atoms with Gasteiger partial charge in [-0.3, -0.25) is 4.79 Å². The number of hydrogen-bond acceptors (Lipinski definition) is 2. The second-order valence-electron chi connectivity index (χ2n) is 7.92. The molecule has 0 aliphatic heterocycles. The number of nitrogens with one attached hydrogen (secondary N) is 1. The number of H-pyrrole nitrogens is 1. The van der Waals surface area contributed by atoms with Gasteiger partial charge in [0, 0.05) is 17.7 Å². The Kier molecular flexibility index (Phi) is 3.72. The van der Waals surface area contributed by atoms with Crippen LogP contribution in [0.4, 0.5) is 0 Å². The van der Waals surface area contributed by atoms with Gasteiger partial charge < -0.3 is 4.98 Å². The number of rotatable bonds is 2. The summed E-state index contributed by atoms with van der Waals surface area (Å²) in [5, 5.41) is 0. The Morgan fingerprint density at radius 2 is 1.73 bits per heavy atom. The molecule has 0 atom stereocenters. The van der Waals surface area contributed by atoms with Gasteiger partial charge in [-0.1, -0.05) is 57.2 Å². The van der Waals surface area contributed by atoms with Gasteiger partial charge in [-0.15, -0.1) is 0 Å². The average Bonchev–Trinajstić information content (AvgIpc) is 2.96. The minimum Gasteiger partial charge on any atom is -0.329 e. The molecule has 0 fully saturated rings. The van der Waals surface area contributed by atoms with Crippen LogP contribution in [-0.4, -0.2) is 14.4 Å². The number of benzene rings is 2. The van der Waals surface area contributed by atoms with Crippen molar-refractivity contribution in [1.29, 1.82) is 0 Å². The molecule has 2 aromatic heterocycles. The third kappa shape index (κ3) is 2.71. The molecule has 0 radical (unpaired) electrons. The number of para-hydroxylation sites is 2. The fourth-order valence-electron chi connectivity index (χ4n) is 3.39. The number of aromatic amines is 1. The molecule has 0 bridgehead atoms. The van der Waals surface area contributed by atoms with Gasteiger partial charge in [0.2, 0.25) is 5.78 Å². The summed E-state index contributed by atoms with van der Waals surface area (Å²) in [4.78, 5) is 21.0. The van der Waals surface area contributed by atoms with Crippen LogP contribution in [0.3, 0.4) is 0 Å². The quantitative estimate of drug-likeness (QED) is 0.586. The van der Waals surface area contributed by atoms with Crippen LogP contribution in [-0.2, 0) is 11.8 Å². The summed E-state index contributed by atoms with van der Waals surface area (Å²) in [7, 11) is 0. The van der Waals surface area contributed by atoms with Crippen molar-refractivity contribution in [1.82, 2.24) is 14.4 Å². The van der Waals surface area contributed by atoms with Crippen LogP contribution >= 0.6 is 0 Å². The Labute approximate surface area is 152 Å². The molecule has 0 amide bonds. The summed E-state index contributed by atoms with van der Waals surface area (Å²) in [6.07, 6.45) is 0.605. The molecule has 2 aromatic carbocycles. The molecule has 4 heteroatoms. The van der Waals surface area contributed by atoms with Crippen LogP contribution < -0.4 is 5.56 Å². The SMILES string of the molecule is Cc1[nH]c2nc3ccccc3n2c(=O)c1Cc1ccc(C(C)(C)C)cc1. The highest BCUT2D eigenvalue weighted by atomic mass is 16.1. The van der Waals surface area contributed by atoms with Crippen LogP contribution in [0.2, 0.25) is 0 Å². The predicted octanol–water partition coefficient (Wildman–Crippen LogP) is 4.37. The van der Waals surface area contributed by atoms with Crippen molar-refractivity contribution in [2.75, 3.05) is 0 Å². The highest BCUT2D eigenvalue weighted by Crippen LogP contribution is 2.23. The van der Waals surface area contributed by atoms with Gasteiger partial charge in [-0.05, 0) is 35.6 Å². The van der Waals surface area contributed by atoms with E-state index >= 15 is 0 Å². The van der Waals surface area contributed by atoms with Crippen molar-refractivity contribution in [2.45, 2.75) is 39.5 Å². The Hall–Kier alpha value is -2.88. The molecule has 2 heterocycles. The Balaban J connectivity index is 1.81. The van der Waals surface area contributed by atoms with Gasteiger partial charge in [-0.25, -0.2) is 9.38 Å². The highest BCUT2D eigenvalue weighted by molar-refractivity contribution is 5.79. The molecular weight excluding hydrogens is 322 g/mol. The van der Waals surface area contributed by atoms with Gasteiger partial charge >= 0.3 is 0 Å². The van der Waals surface area contributed by atoms with Gasteiger partial charge in [0.25, 0.3) is 5.56 Å². The lowest BCUT2D eigenvalue weighted by atomic mass is 9.86. The van der Waals surface area contributed by atoms with E-state index in [0.717, 1.165) is 27.9 Å². The third-order valence-electron chi connectivity index (χ3n) is 4.97. The van der Waals surface area contributed by atoms with Crippen molar-refractivity contribution in [2.24, 2.45) is 0 Å². The van der Waals surface area contributed by atoms with E-state index in [1.54, 1.807) is 4.40 Å². The molecule has 0 saturated carbocycles. The molecule has 0 unspecified atom stereocenters. The zero-order valence-corrected chi connectivity index (χ0v) is 15.6. The fourth-order valence-corrected chi connectivity index (χ4v) is 3.39. The molecule has 0 aliphatic carbocycles. The first-order valence-electron chi connectivity index (χ1n) is 8.93. The van der Waals surface area contributed by atoms with Gasteiger partial charge in [0.15, 0.2) is 0 Å². The number of aryl methyl sites for hydroxylation is 1. The van der Waals surface area contributed by atoms with E-state index < -0.39 is 0 Å². The Morgan fingerprint density at radius 3 is 2.42 bits per heavy atom. The normalized spacial score (nSPS) is 12.2. The molecular formula is C22H23N3O. The first kappa shape index (κ1) is 16.6. The number of nitrogens with zero attached hydrogens (tertiary/aromatic N) is 2. The van der Waals surface area contributed by atoms with Crippen LogP contribution in [0.5, 0.6) is 0 Å². The first-order chi connectivity index (χ1) is 12.3. The number of hydrogen-bond donors (Lipinski definition) is 1. The van der Waals surface area contributed by atoms with Gasteiger partial charge in [0.1, 0.15) is 0 Å². The van der Waals surface area contributed by atoms with Crippen LogP contribution in [0.25, 0.3) is 16.8 Å². The molecule has 1 N–H and O–H groups in total. The summed E-state index contributed by atoms with van der Waals surface area (Å²) in [6.45, 7) is 8.55. The summed E-state index contributed by atoms with van der Waals surface area (Å²) in [6, 6.07) is 16.3. The number of fused-ring (bicyclic) bond motifs is 3. The van der Waals surface area contributed by atoms with Crippen LogP contribution in [0, 0.1) is 6.92 Å². The third-order valence-corrected chi connectivity index (χ3v) is 4.97. The van der Waals surface area contributed by atoms with E-state index in [4.69, 9.17) is 0 Å². The van der Waals surface area contributed by atoms with Crippen molar-refractivity contribution in [3.63, 3.8) is 0 Å². The second-order valence-corrected chi connectivity index (χ2v) is 7.92. The predicted molar refractivity (Wildman–Crippen MR) is 106 cm³/mol. The topological polar surface area (TPSA) is 50.2 Å². The monoisotopic (exact) mass is 345 g/mol. The maximum atomic E-state index is 13.2. The lowest BCUT2D eigenvalue weighted by Crippen LogP contribution is -2.21. The zero-order chi connectivity index (χ0) is 18.5. The molecule has 26 heavy (non-hydrogen) atoms. The Bertz CT molecular complexity index is 1160. The maximum Gasteiger partial charge on any atom is 0.263 e. The summed E-state index contributed by atoms with van der Waals surface area (Å²) < 4.78 is 1.68. The van der Waals surface area contributed by atoms with Crippen molar-refractivity contribution in [3.05, 3.63) is 81.3 Å². The molecule has 4 rings (SSSR count). The van der Waals surface area contributed by atoms with Crippen molar-refractivity contribution in [3.8, 4) is 0 Å². The van der Waals surface area contributed by atoms with Crippen LogP contribution in [0.1, 0.15) is 43.2 Å². The van der Waals surface area contributed by atoms with Crippen LogP contribution in [0.15, 0.2) is 53.3 Å². The largest absolute Gasteiger partial charge is 0.329 e. The van der Waals surface area contributed by atoms with E-state index in [0.29, 0.717) is 12.2 Å². The van der Waals surface area contributed by atoms with E-state index in [9.17, 15) is 4.79 Å². The van der Waals surface area contributed by atoms with E-state index in [2.05, 4.69) is 55.0 Å². The summed E-state index contributed by atoms with van der Waals surface area (Å²) >= 11 is 0. The van der Waals surface area contributed by atoms with E-state index in [1.165, 1.54) is 5.56 Å². The number of aromatic nitrogens is 3. The molecule has 0 aliphatic rings. The lowest BCUT2D eigenvalue weighted by molar-refractivity contribution is 0.590. The fraction of sp³-hybridized carbons (Fsp3) is 0.273. The van der Waals surface area contributed by atoms with E-state index in [-0.39, 0.29) is 11.0 Å². The molecule has 132 valence electrons. The summed E-state index contributed by atoms with van der Waals surface area (Å²) in [5.41, 5.74) is 5.88. The molecule has 0 saturated heterocycles. The molecule has 4 nitrogen and oxygen atoms in total.